The summed E-state index contributed by atoms with van der Waals surface area (Å²) in [7, 11) is 0. The normalized spacial score (nSPS) is 23.2. The molecule has 2 aliphatic rings. The fourth-order valence-corrected chi connectivity index (χ4v) is 3.97. The molecule has 0 spiro atoms. The molecule has 2 amide bonds. The van der Waals surface area contributed by atoms with E-state index < -0.39 is 6.04 Å². The molecule has 0 aromatic heterocycles. The molecule has 0 aliphatic carbocycles. The first-order valence-corrected chi connectivity index (χ1v) is 9.44. The highest BCUT2D eigenvalue weighted by molar-refractivity contribution is 6.30. The van der Waals surface area contributed by atoms with Gasteiger partial charge in [-0.15, -0.1) is 12.4 Å². The molecule has 0 saturated carbocycles. The molecule has 2 saturated heterocycles. The van der Waals surface area contributed by atoms with Gasteiger partial charge in [0, 0.05) is 29.2 Å². The predicted molar refractivity (Wildman–Crippen MR) is 106 cm³/mol. The molecule has 26 heavy (non-hydrogen) atoms. The summed E-state index contributed by atoms with van der Waals surface area (Å²) in [6.07, 6.45) is 3.09. The van der Waals surface area contributed by atoms with Crippen molar-refractivity contribution in [2.75, 3.05) is 13.1 Å². The largest absolute Gasteiger partial charge is 0.340 e. The highest BCUT2D eigenvalue weighted by Crippen LogP contribution is 2.29. The Balaban J connectivity index is 0.00000243. The molecule has 3 atom stereocenters. The molecule has 144 valence electrons. The molecule has 7 heteroatoms. The molecule has 3 rings (SSSR count). The van der Waals surface area contributed by atoms with Crippen molar-refractivity contribution in [2.45, 2.75) is 51.2 Å². The Morgan fingerprint density at radius 2 is 1.81 bits per heavy atom. The minimum absolute atomic E-state index is 0. The van der Waals surface area contributed by atoms with Gasteiger partial charge in [-0.1, -0.05) is 25.4 Å². The second kappa shape index (κ2) is 9.07. The summed E-state index contributed by atoms with van der Waals surface area (Å²) >= 11 is 5.88. The number of halogens is 2. The number of carbonyl (C=O) groups excluding carboxylic acids is 2. The molecule has 3 unspecified atom stereocenters. The lowest BCUT2D eigenvalue weighted by molar-refractivity contribution is -0.137. The molecule has 1 aromatic carbocycles. The van der Waals surface area contributed by atoms with Gasteiger partial charge in [-0.25, -0.2) is 0 Å². The van der Waals surface area contributed by atoms with Crippen molar-refractivity contribution in [2.24, 2.45) is 5.92 Å². The third kappa shape index (κ3) is 4.51. The molecule has 2 bridgehead atoms. The topological polar surface area (TPSA) is 61.4 Å². The van der Waals surface area contributed by atoms with Gasteiger partial charge >= 0.3 is 0 Å². The average Bonchev–Trinajstić information content (AvgIpc) is 2.85. The van der Waals surface area contributed by atoms with Gasteiger partial charge < -0.3 is 15.5 Å². The Hall–Kier alpha value is -1.30. The zero-order valence-electron chi connectivity index (χ0n) is 15.2. The van der Waals surface area contributed by atoms with Crippen LogP contribution < -0.4 is 10.6 Å². The Bertz CT molecular complexity index is 622. The van der Waals surface area contributed by atoms with Crippen molar-refractivity contribution >= 4 is 35.8 Å². The number of benzene rings is 1. The lowest BCUT2D eigenvalue weighted by Crippen LogP contribution is -2.55. The summed E-state index contributed by atoms with van der Waals surface area (Å²) in [6, 6.07) is 6.75. The van der Waals surface area contributed by atoms with E-state index in [0.717, 1.165) is 32.4 Å². The lowest BCUT2D eigenvalue weighted by atomic mass is 10.0. The van der Waals surface area contributed by atoms with Crippen molar-refractivity contribution in [3.05, 3.63) is 34.9 Å². The first-order valence-electron chi connectivity index (χ1n) is 9.06. The zero-order valence-corrected chi connectivity index (χ0v) is 16.8. The number of nitrogens with one attached hydrogen (secondary N) is 2. The van der Waals surface area contributed by atoms with Crippen LogP contribution in [0.15, 0.2) is 24.3 Å². The van der Waals surface area contributed by atoms with Crippen LogP contribution in [0.5, 0.6) is 0 Å². The van der Waals surface area contributed by atoms with E-state index in [-0.39, 0.29) is 36.2 Å². The summed E-state index contributed by atoms with van der Waals surface area (Å²) < 4.78 is 0. The van der Waals surface area contributed by atoms with Crippen LogP contribution >= 0.6 is 24.0 Å². The highest BCUT2D eigenvalue weighted by Gasteiger charge is 2.41. The van der Waals surface area contributed by atoms with Crippen LogP contribution in [0, 0.1) is 5.92 Å². The van der Waals surface area contributed by atoms with Crippen molar-refractivity contribution in [1.29, 1.82) is 0 Å². The van der Waals surface area contributed by atoms with Crippen molar-refractivity contribution in [1.82, 2.24) is 15.5 Å². The molecular weight excluding hydrogens is 373 g/mol. The fourth-order valence-electron chi connectivity index (χ4n) is 3.84. The quantitative estimate of drug-likeness (QED) is 0.817. The monoisotopic (exact) mass is 399 g/mol. The Morgan fingerprint density at radius 1 is 1.15 bits per heavy atom. The van der Waals surface area contributed by atoms with Crippen LogP contribution in [0.1, 0.15) is 43.5 Å². The number of amides is 2. The fraction of sp³-hybridized carbons (Fsp3) is 0.579. The highest BCUT2D eigenvalue weighted by atomic mass is 35.5. The molecule has 2 aliphatic heterocycles. The number of carbonyl (C=O) groups is 2. The minimum Gasteiger partial charge on any atom is -0.340 e. The maximum atomic E-state index is 13.2. The van der Waals surface area contributed by atoms with E-state index in [1.54, 1.807) is 24.3 Å². The van der Waals surface area contributed by atoms with E-state index in [1.807, 2.05) is 18.7 Å². The number of fused-ring (bicyclic) bond motifs is 2. The molecule has 5 nitrogen and oxygen atoms in total. The maximum absolute atomic E-state index is 13.2. The smallest absolute Gasteiger partial charge is 0.251 e. The second-order valence-electron chi connectivity index (χ2n) is 7.33. The summed E-state index contributed by atoms with van der Waals surface area (Å²) in [4.78, 5) is 27.8. The van der Waals surface area contributed by atoms with Crippen molar-refractivity contribution in [3.8, 4) is 0 Å². The van der Waals surface area contributed by atoms with Gasteiger partial charge in [0.25, 0.3) is 5.91 Å². The van der Waals surface area contributed by atoms with Crippen LogP contribution in [-0.4, -0.2) is 47.9 Å². The SMILES string of the molecule is CC(C)C(NC(=O)c1ccc(Cl)cc1)C(=O)N1C2CCNCC1CC2.Cl. The lowest BCUT2D eigenvalue weighted by Gasteiger charge is -2.33. The summed E-state index contributed by atoms with van der Waals surface area (Å²) in [6.45, 7) is 5.75. The molecular formula is C19H27Cl2N3O2. The van der Waals surface area contributed by atoms with Gasteiger partial charge in [-0.2, -0.15) is 0 Å². The first-order chi connectivity index (χ1) is 12.0. The summed E-state index contributed by atoms with van der Waals surface area (Å²) in [5.74, 6) is -0.156. The van der Waals surface area contributed by atoms with Crippen molar-refractivity contribution in [3.63, 3.8) is 0 Å². The summed E-state index contributed by atoms with van der Waals surface area (Å²) in [5, 5.41) is 6.94. The maximum Gasteiger partial charge on any atom is 0.251 e. The molecule has 1 aromatic rings. The molecule has 2 heterocycles. The van der Waals surface area contributed by atoms with E-state index in [2.05, 4.69) is 10.6 Å². The van der Waals surface area contributed by atoms with Crippen LogP contribution in [0.3, 0.4) is 0 Å². The van der Waals surface area contributed by atoms with Gasteiger partial charge in [0.1, 0.15) is 6.04 Å². The van der Waals surface area contributed by atoms with E-state index in [0.29, 0.717) is 16.6 Å². The van der Waals surface area contributed by atoms with E-state index in [9.17, 15) is 9.59 Å². The number of hydrogen-bond donors (Lipinski definition) is 2. The molecule has 2 fully saturated rings. The number of rotatable bonds is 4. The third-order valence-corrected chi connectivity index (χ3v) is 5.49. The van der Waals surface area contributed by atoms with E-state index >= 15 is 0 Å². The Morgan fingerprint density at radius 3 is 2.46 bits per heavy atom. The van der Waals surface area contributed by atoms with Crippen LogP contribution in [0.4, 0.5) is 0 Å². The standard InChI is InChI=1S/C19H26ClN3O2.ClH/c1-12(2)17(22-18(24)13-3-5-14(20)6-4-13)19(25)23-15-7-8-16(23)11-21-10-9-15;/h3-6,12,15-17,21H,7-11H2,1-2H3,(H,22,24);1H. The Kier molecular flexibility index (Phi) is 7.33. The second-order valence-corrected chi connectivity index (χ2v) is 7.76. The van der Waals surface area contributed by atoms with E-state index in [4.69, 9.17) is 11.6 Å². The van der Waals surface area contributed by atoms with Crippen molar-refractivity contribution < 1.29 is 9.59 Å². The van der Waals surface area contributed by atoms with Crippen LogP contribution in [0.2, 0.25) is 5.02 Å². The Labute approximate surface area is 166 Å². The number of nitrogens with zero attached hydrogens (tertiary/aromatic N) is 1. The minimum atomic E-state index is -0.510. The zero-order chi connectivity index (χ0) is 18.0. The number of hydrogen-bond acceptors (Lipinski definition) is 3. The average molecular weight is 400 g/mol. The third-order valence-electron chi connectivity index (χ3n) is 5.23. The van der Waals surface area contributed by atoms with Gasteiger partial charge in [-0.3, -0.25) is 9.59 Å². The predicted octanol–water partition coefficient (Wildman–Crippen LogP) is 2.87. The van der Waals surface area contributed by atoms with E-state index in [1.165, 1.54) is 0 Å². The molecule has 0 radical (unpaired) electrons. The van der Waals surface area contributed by atoms with Gasteiger partial charge in [0.2, 0.25) is 5.91 Å². The van der Waals surface area contributed by atoms with Gasteiger partial charge in [0.15, 0.2) is 0 Å². The van der Waals surface area contributed by atoms with Gasteiger partial charge in [-0.05, 0) is 56.0 Å². The summed E-state index contributed by atoms with van der Waals surface area (Å²) in [5.41, 5.74) is 0.517. The molecule has 2 N–H and O–H groups in total. The van der Waals surface area contributed by atoms with Gasteiger partial charge in [0.05, 0.1) is 0 Å². The van der Waals surface area contributed by atoms with Crippen LogP contribution in [-0.2, 0) is 4.79 Å². The van der Waals surface area contributed by atoms with Crippen LogP contribution in [0.25, 0.3) is 0 Å². The first kappa shape index (κ1) is 21.0.